The zero-order valence-electron chi connectivity index (χ0n) is 8.51. The Kier molecular flexibility index (Phi) is 2.44. The molecule has 1 aromatic heterocycles. The van der Waals surface area contributed by atoms with Gasteiger partial charge in [-0.15, -0.1) is 0 Å². The third-order valence-electron chi connectivity index (χ3n) is 2.31. The predicted octanol–water partition coefficient (Wildman–Crippen LogP) is 1.78. The summed E-state index contributed by atoms with van der Waals surface area (Å²) in [6.45, 7) is 0. The fourth-order valence-electron chi connectivity index (χ4n) is 1.42. The summed E-state index contributed by atoms with van der Waals surface area (Å²) in [4.78, 5) is 4.18. The van der Waals surface area contributed by atoms with Crippen LogP contribution >= 0.6 is 0 Å². The lowest BCUT2D eigenvalue weighted by Crippen LogP contribution is -1.98. The molecule has 0 aliphatic heterocycles. The zero-order valence-corrected chi connectivity index (χ0v) is 8.51. The summed E-state index contributed by atoms with van der Waals surface area (Å²) in [5.74, 6) is 0. The second kappa shape index (κ2) is 3.91. The van der Waals surface area contributed by atoms with Crippen LogP contribution in [0.3, 0.4) is 0 Å². The van der Waals surface area contributed by atoms with Crippen LogP contribution in [0.1, 0.15) is 5.56 Å². The Hall–Kier alpha value is -2.54. The van der Waals surface area contributed by atoms with Crippen molar-refractivity contribution in [2.24, 2.45) is 0 Å². The van der Waals surface area contributed by atoms with E-state index in [2.05, 4.69) is 11.1 Å². The molecule has 2 aromatic rings. The number of nitrogen functional groups attached to an aromatic ring is 2. The molecule has 0 unspecified atom stereocenters. The molecule has 0 amide bonds. The van der Waals surface area contributed by atoms with Gasteiger partial charge in [0.2, 0.25) is 0 Å². The molecule has 0 saturated heterocycles. The smallest absolute Gasteiger partial charge is 0.0991 e. The molecule has 16 heavy (non-hydrogen) atoms. The topological polar surface area (TPSA) is 88.7 Å². The van der Waals surface area contributed by atoms with Gasteiger partial charge in [-0.2, -0.15) is 5.26 Å². The summed E-state index contributed by atoms with van der Waals surface area (Å²) >= 11 is 0. The molecule has 0 spiro atoms. The Bertz CT molecular complexity index is 552. The normalized spacial score (nSPS) is 9.69. The van der Waals surface area contributed by atoms with Crippen molar-refractivity contribution in [2.45, 2.75) is 0 Å². The number of pyridine rings is 1. The predicted molar refractivity (Wildman–Crippen MR) is 63.2 cm³/mol. The minimum atomic E-state index is 0.465. The number of hydrogen-bond donors (Lipinski definition) is 2. The molecule has 1 heterocycles. The van der Waals surface area contributed by atoms with Gasteiger partial charge in [0.05, 0.1) is 28.7 Å². The van der Waals surface area contributed by atoms with Crippen LogP contribution in [0, 0.1) is 11.3 Å². The Morgan fingerprint density at radius 1 is 1.06 bits per heavy atom. The Labute approximate surface area is 93.1 Å². The van der Waals surface area contributed by atoms with Crippen LogP contribution in [-0.2, 0) is 0 Å². The first-order valence-corrected chi connectivity index (χ1v) is 4.73. The maximum absolute atomic E-state index is 8.69. The number of aromatic nitrogens is 1. The first-order chi connectivity index (χ1) is 7.72. The highest BCUT2D eigenvalue weighted by molar-refractivity contribution is 5.81. The Balaban J connectivity index is 2.51. The van der Waals surface area contributed by atoms with Crippen molar-refractivity contribution >= 4 is 11.4 Å². The zero-order chi connectivity index (χ0) is 11.5. The quantitative estimate of drug-likeness (QED) is 0.750. The van der Waals surface area contributed by atoms with E-state index in [1.54, 1.807) is 36.5 Å². The van der Waals surface area contributed by atoms with E-state index in [9.17, 15) is 0 Å². The van der Waals surface area contributed by atoms with Crippen LogP contribution in [-0.4, -0.2) is 4.98 Å². The summed E-state index contributed by atoms with van der Waals surface area (Å²) in [7, 11) is 0. The fraction of sp³-hybridized carbons (Fsp3) is 0. The summed E-state index contributed by atoms with van der Waals surface area (Å²) < 4.78 is 0. The van der Waals surface area contributed by atoms with Crippen LogP contribution in [0.4, 0.5) is 11.4 Å². The lowest BCUT2D eigenvalue weighted by molar-refractivity contribution is 1.33. The number of rotatable bonds is 1. The van der Waals surface area contributed by atoms with Gasteiger partial charge in [-0.3, -0.25) is 4.98 Å². The second-order valence-electron chi connectivity index (χ2n) is 3.35. The third-order valence-corrected chi connectivity index (χ3v) is 2.31. The lowest BCUT2D eigenvalue weighted by atomic mass is 10.1. The Morgan fingerprint density at radius 3 is 2.38 bits per heavy atom. The first-order valence-electron chi connectivity index (χ1n) is 4.73. The van der Waals surface area contributed by atoms with Gasteiger partial charge >= 0.3 is 0 Å². The van der Waals surface area contributed by atoms with Gasteiger partial charge in [-0.1, -0.05) is 12.1 Å². The standard InChI is InChI=1S/C12H10N4/c13-7-8-1-3-9(4-2-8)12-11(15)10(14)5-6-16-12/h1-6H,15H2,(H2,14,16). The molecular formula is C12H10N4. The van der Waals surface area contributed by atoms with Gasteiger partial charge in [-0.05, 0) is 18.2 Å². The van der Waals surface area contributed by atoms with Crippen LogP contribution in [0.5, 0.6) is 0 Å². The van der Waals surface area contributed by atoms with Gasteiger partial charge in [0, 0.05) is 11.8 Å². The number of hydrogen-bond acceptors (Lipinski definition) is 4. The van der Waals surface area contributed by atoms with Crippen LogP contribution < -0.4 is 11.5 Å². The maximum atomic E-state index is 8.69. The van der Waals surface area contributed by atoms with Crippen molar-refractivity contribution in [3.63, 3.8) is 0 Å². The minimum Gasteiger partial charge on any atom is -0.397 e. The van der Waals surface area contributed by atoms with Crippen molar-refractivity contribution in [2.75, 3.05) is 11.5 Å². The van der Waals surface area contributed by atoms with Crippen molar-refractivity contribution in [1.82, 2.24) is 4.98 Å². The van der Waals surface area contributed by atoms with Crippen molar-refractivity contribution < 1.29 is 0 Å². The largest absolute Gasteiger partial charge is 0.397 e. The highest BCUT2D eigenvalue weighted by Crippen LogP contribution is 2.27. The maximum Gasteiger partial charge on any atom is 0.0991 e. The molecule has 4 N–H and O–H groups in total. The molecule has 2 rings (SSSR count). The molecule has 4 heteroatoms. The molecule has 0 fully saturated rings. The number of anilines is 2. The molecule has 0 aliphatic carbocycles. The van der Waals surface area contributed by atoms with E-state index in [0.29, 0.717) is 22.6 Å². The van der Waals surface area contributed by atoms with E-state index < -0.39 is 0 Å². The van der Waals surface area contributed by atoms with Gasteiger partial charge in [0.1, 0.15) is 0 Å². The molecule has 0 bridgehead atoms. The molecule has 1 aromatic carbocycles. The Morgan fingerprint density at radius 2 is 1.75 bits per heavy atom. The average Bonchev–Trinajstić information content (AvgIpc) is 2.33. The number of benzene rings is 1. The third kappa shape index (κ3) is 1.66. The van der Waals surface area contributed by atoms with E-state index in [1.165, 1.54) is 0 Å². The van der Waals surface area contributed by atoms with Crippen LogP contribution in [0.25, 0.3) is 11.3 Å². The molecule has 4 nitrogen and oxygen atoms in total. The van der Waals surface area contributed by atoms with E-state index in [0.717, 1.165) is 5.56 Å². The second-order valence-corrected chi connectivity index (χ2v) is 3.35. The van der Waals surface area contributed by atoms with Crippen LogP contribution in [0.15, 0.2) is 36.5 Å². The monoisotopic (exact) mass is 210 g/mol. The fourth-order valence-corrected chi connectivity index (χ4v) is 1.42. The molecule has 0 atom stereocenters. The number of nitriles is 1. The first kappa shape index (κ1) is 9.99. The van der Waals surface area contributed by atoms with E-state index in [4.69, 9.17) is 16.7 Å². The number of nitrogens with zero attached hydrogens (tertiary/aromatic N) is 2. The molecule has 78 valence electrons. The van der Waals surface area contributed by atoms with Crippen molar-refractivity contribution in [3.8, 4) is 17.3 Å². The summed E-state index contributed by atoms with van der Waals surface area (Å²) in [5, 5.41) is 8.69. The van der Waals surface area contributed by atoms with Gasteiger partial charge in [0.15, 0.2) is 0 Å². The van der Waals surface area contributed by atoms with Gasteiger partial charge in [-0.25, -0.2) is 0 Å². The van der Waals surface area contributed by atoms with Crippen molar-refractivity contribution in [1.29, 1.82) is 5.26 Å². The molecular weight excluding hydrogens is 200 g/mol. The average molecular weight is 210 g/mol. The van der Waals surface area contributed by atoms with E-state index in [-0.39, 0.29) is 0 Å². The van der Waals surface area contributed by atoms with Crippen LogP contribution in [0.2, 0.25) is 0 Å². The highest BCUT2D eigenvalue weighted by atomic mass is 14.8. The van der Waals surface area contributed by atoms with Gasteiger partial charge in [0.25, 0.3) is 0 Å². The van der Waals surface area contributed by atoms with E-state index >= 15 is 0 Å². The highest BCUT2D eigenvalue weighted by Gasteiger charge is 2.06. The summed E-state index contributed by atoms with van der Waals surface area (Å²) in [6, 6.07) is 10.8. The van der Waals surface area contributed by atoms with E-state index in [1.807, 2.05) is 0 Å². The molecule has 0 aliphatic rings. The number of nitrogens with two attached hydrogens (primary N) is 2. The van der Waals surface area contributed by atoms with Crippen molar-refractivity contribution in [3.05, 3.63) is 42.1 Å². The summed E-state index contributed by atoms with van der Waals surface area (Å²) in [5.41, 5.74) is 14.6. The molecule has 0 saturated carbocycles. The lowest BCUT2D eigenvalue weighted by Gasteiger charge is -2.06. The SMILES string of the molecule is N#Cc1ccc(-c2nccc(N)c2N)cc1. The molecule has 0 radical (unpaired) electrons. The van der Waals surface area contributed by atoms with Gasteiger partial charge < -0.3 is 11.5 Å². The summed E-state index contributed by atoms with van der Waals surface area (Å²) in [6.07, 6.45) is 1.61. The minimum absolute atomic E-state index is 0.465.